The highest BCUT2D eigenvalue weighted by molar-refractivity contribution is 5.92. The molecule has 0 spiro atoms. The van der Waals surface area contributed by atoms with Gasteiger partial charge in [0.15, 0.2) is 0 Å². The number of aromatic nitrogens is 2. The molecule has 1 fully saturated rings. The molecule has 18 heavy (non-hydrogen) atoms. The number of nitrogens with zero attached hydrogens (tertiary/aromatic N) is 1. The summed E-state index contributed by atoms with van der Waals surface area (Å²) >= 11 is 0. The van der Waals surface area contributed by atoms with Crippen LogP contribution in [0.25, 0.3) is 0 Å². The molecule has 6 heteroatoms. The molecule has 0 saturated heterocycles. The third kappa shape index (κ3) is 3.71. The number of halogens is 1. The van der Waals surface area contributed by atoms with Gasteiger partial charge >= 0.3 is 0 Å². The SMILES string of the molecule is Cc1cc(C(=O)NCC2(N)CCCCC2)n[nH]1.Cl. The van der Waals surface area contributed by atoms with Gasteiger partial charge in [-0.1, -0.05) is 19.3 Å². The normalized spacial score (nSPS) is 17.9. The van der Waals surface area contributed by atoms with Crippen molar-refractivity contribution in [3.8, 4) is 0 Å². The van der Waals surface area contributed by atoms with E-state index in [2.05, 4.69) is 15.5 Å². The van der Waals surface area contributed by atoms with Crippen molar-refractivity contribution < 1.29 is 4.79 Å². The van der Waals surface area contributed by atoms with E-state index in [1.807, 2.05) is 6.92 Å². The molecule has 1 aromatic heterocycles. The summed E-state index contributed by atoms with van der Waals surface area (Å²) in [5, 5.41) is 9.56. The largest absolute Gasteiger partial charge is 0.349 e. The van der Waals surface area contributed by atoms with E-state index < -0.39 is 0 Å². The van der Waals surface area contributed by atoms with Crippen LogP contribution in [0.2, 0.25) is 0 Å². The maximum atomic E-state index is 11.8. The van der Waals surface area contributed by atoms with Crippen LogP contribution < -0.4 is 11.1 Å². The number of amides is 1. The van der Waals surface area contributed by atoms with Gasteiger partial charge in [0.25, 0.3) is 5.91 Å². The topological polar surface area (TPSA) is 83.8 Å². The Labute approximate surface area is 113 Å². The van der Waals surface area contributed by atoms with Crippen LogP contribution in [0, 0.1) is 6.92 Å². The number of nitrogens with one attached hydrogen (secondary N) is 2. The van der Waals surface area contributed by atoms with Crippen LogP contribution in [0.15, 0.2) is 6.07 Å². The smallest absolute Gasteiger partial charge is 0.271 e. The number of nitrogens with two attached hydrogens (primary N) is 1. The van der Waals surface area contributed by atoms with Gasteiger partial charge in [-0.2, -0.15) is 5.10 Å². The lowest BCUT2D eigenvalue weighted by molar-refractivity contribution is 0.0932. The lowest BCUT2D eigenvalue weighted by Crippen LogP contribution is -2.51. The Morgan fingerprint density at radius 3 is 2.72 bits per heavy atom. The zero-order valence-electron chi connectivity index (χ0n) is 10.7. The van der Waals surface area contributed by atoms with Crippen molar-refractivity contribution >= 4 is 18.3 Å². The Balaban J connectivity index is 0.00000162. The summed E-state index contributed by atoms with van der Waals surface area (Å²) in [5.74, 6) is -0.148. The minimum Gasteiger partial charge on any atom is -0.349 e. The van der Waals surface area contributed by atoms with Gasteiger partial charge in [0, 0.05) is 17.8 Å². The number of rotatable bonds is 3. The van der Waals surface area contributed by atoms with Crippen LogP contribution >= 0.6 is 12.4 Å². The zero-order chi connectivity index (χ0) is 12.3. The molecule has 0 atom stereocenters. The minimum atomic E-state index is -0.223. The van der Waals surface area contributed by atoms with Crippen LogP contribution in [0.1, 0.15) is 48.3 Å². The Kier molecular flexibility index (Phi) is 5.16. The van der Waals surface area contributed by atoms with Gasteiger partial charge < -0.3 is 11.1 Å². The number of H-pyrrole nitrogens is 1. The summed E-state index contributed by atoms with van der Waals surface area (Å²) in [5.41, 5.74) is 7.34. The van der Waals surface area contributed by atoms with E-state index in [0.717, 1.165) is 31.4 Å². The van der Waals surface area contributed by atoms with Gasteiger partial charge in [-0.15, -0.1) is 12.4 Å². The summed E-state index contributed by atoms with van der Waals surface area (Å²) < 4.78 is 0. The summed E-state index contributed by atoms with van der Waals surface area (Å²) in [7, 11) is 0. The Hall–Kier alpha value is -1.07. The molecule has 1 aliphatic carbocycles. The molecule has 0 radical (unpaired) electrons. The Bertz CT molecular complexity index is 399. The molecule has 1 amide bonds. The molecule has 0 bridgehead atoms. The van der Waals surface area contributed by atoms with Gasteiger partial charge in [0.05, 0.1) is 0 Å². The first-order chi connectivity index (χ1) is 8.09. The fourth-order valence-corrected chi connectivity index (χ4v) is 2.31. The number of hydrogen-bond acceptors (Lipinski definition) is 3. The monoisotopic (exact) mass is 272 g/mol. The van der Waals surface area contributed by atoms with Gasteiger partial charge in [-0.25, -0.2) is 0 Å². The van der Waals surface area contributed by atoms with Crippen LogP contribution in [0.4, 0.5) is 0 Å². The second-order valence-corrected chi connectivity index (χ2v) is 5.04. The summed E-state index contributed by atoms with van der Waals surface area (Å²) in [6.07, 6.45) is 5.56. The molecule has 0 unspecified atom stereocenters. The molecule has 1 aromatic rings. The first-order valence-electron chi connectivity index (χ1n) is 6.18. The molecule has 5 nitrogen and oxygen atoms in total. The zero-order valence-corrected chi connectivity index (χ0v) is 11.5. The Morgan fingerprint density at radius 2 is 2.17 bits per heavy atom. The third-order valence-electron chi connectivity index (χ3n) is 3.39. The van der Waals surface area contributed by atoms with Crippen molar-refractivity contribution in [3.05, 3.63) is 17.5 Å². The molecule has 2 rings (SSSR count). The van der Waals surface area contributed by atoms with E-state index in [-0.39, 0.29) is 23.9 Å². The van der Waals surface area contributed by atoms with Crippen molar-refractivity contribution in [2.45, 2.75) is 44.6 Å². The number of carbonyl (C=O) groups is 1. The standard InChI is InChI=1S/C12H20N4O.ClH/c1-9-7-10(16-15-9)11(17)14-8-12(13)5-3-2-4-6-12;/h7H,2-6,8,13H2,1H3,(H,14,17)(H,15,16);1H. The van der Waals surface area contributed by atoms with Crippen LogP contribution in [0.5, 0.6) is 0 Å². The quantitative estimate of drug-likeness (QED) is 0.780. The van der Waals surface area contributed by atoms with E-state index >= 15 is 0 Å². The van der Waals surface area contributed by atoms with Crippen molar-refractivity contribution in [2.75, 3.05) is 6.54 Å². The number of carbonyl (C=O) groups excluding carboxylic acids is 1. The maximum absolute atomic E-state index is 11.8. The van der Waals surface area contributed by atoms with E-state index in [0.29, 0.717) is 12.2 Å². The molecule has 0 aliphatic heterocycles. The fraction of sp³-hybridized carbons (Fsp3) is 0.667. The average molecular weight is 273 g/mol. The highest BCUT2D eigenvalue weighted by atomic mass is 35.5. The number of aryl methyl sites for hydroxylation is 1. The van der Waals surface area contributed by atoms with Gasteiger partial charge in [-0.3, -0.25) is 9.89 Å². The molecule has 1 saturated carbocycles. The van der Waals surface area contributed by atoms with Crippen molar-refractivity contribution in [2.24, 2.45) is 5.73 Å². The van der Waals surface area contributed by atoms with E-state index in [1.54, 1.807) is 6.07 Å². The molecule has 4 N–H and O–H groups in total. The highest BCUT2D eigenvalue weighted by Crippen LogP contribution is 2.25. The van der Waals surface area contributed by atoms with Crippen LogP contribution in [0.3, 0.4) is 0 Å². The molecule has 1 heterocycles. The predicted octanol–water partition coefficient (Wildman–Crippen LogP) is 1.53. The van der Waals surface area contributed by atoms with Crippen molar-refractivity contribution in [1.29, 1.82) is 0 Å². The van der Waals surface area contributed by atoms with E-state index in [9.17, 15) is 4.79 Å². The van der Waals surface area contributed by atoms with Crippen LogP contribution in [-0.4, -0.2) is 28.2 Å². The number of hydrogen-bond donors (Lipinski definition) is 3. The van der Waals surface area contributed by atoms with Gasteiger partial charge in [0.1, 0.15) is 5.69 Å². The number of aromatic amines is 1. The van der Waals surface area contributed by atoms with Crippen molar-refractivity contribution in [1.82, 2.24) is 15.5 Å². The summed E-state index contributed by atoms with van der Waals surface area (Å²) in [6, 6.07) is 1.74. The minimum absolute atomic E-state index is 0. The average Bonchev–Trinajstić information content (AvgIpc) is 2.74. The maximum Gasteiger partial charge on any atom is 0.271 e. The molecular weight excluding hydrogens is 252 g/mol. The third-order valence-corrected chi connectivity index (χ3v) is 3.39. The Morgan fingerprint density at radius 1 is 1.50 bits per heavy atom. The molecule has 102 valence electrons. The second kappa shape index (κ2) is 6.20. The second-order valence-electron chi connectivity index (χ2n) is 5.04. The molecule has 0 aromatic carbocycles. The highest BCUT2D eigenvalue weighted by Gasteiger charge is 2.28. The van der Waals surface area contributed by atoms with E-state index in [4.69, 9.17) is 5.73 Å². The van der Waals surface area contributed by atoms with Gasteiger partial charge in [-0.05, 0) is 25.8 Å². The molecular formula is C12H21ClN4O. The van der Waals surface area contributed by atoms with E-state index in [1.165, 1.54) is 6.42 Å². The van der Waals surface area contributed by atoms with Crippen molar-refractivity contribution in [3.63, 3.8) is 0 Å². The summed E-state index contributed by atoms with van der Waals surface area (Å²) in [4.78, 5) is 11.8. The van der Waals surface area contributed by atoms with Crippen LogP contribution in [-0.2, 0) is 0 Å². The first-order valence-corrected chi connectivity index (χ1v) is 6.18. The summed E-state index contributed by atoms with van der Waals surface area (Å²) in [6.45, 7) is 2.41. The molecule has 1 aliphatic rings. The first kappa shape index (κ1) is 15.0. The lowest BCUT2D eigenvalue weighted by atomic mass is 9.82. The predicted molar refractivity (Wildman–Crippen MR) is 72.9 cm³/mol. The fourth-order valence-electron chi connectivity index (χ4n) is 2.31. The lowest BCUT2D eigenvalue weighted by Gasteiger charge is -2.33. The van der Waals surface area contributed by atoms with Gasteiger partial charge in [0.2, 0.25) is 0 Å².